The fraction of sp³-hybridized carbons (Fsp3) is 0. The monoisotopic (exact) mass is 485 g/mol. The van der Waals surface area contributed by atoms with Gasteiger partial charge >= 0.3 is 0 Å². The van der Waals surface area contributed by atoms with Crippen LogP contribution in [0.3, 0.4) is 0 Å². The lowest BCUT2D eigenvalue weighted by atomic mass is 10.1. The van der Waals surface area contributed by atoms with Crippen molar-refractivity contribution in [1.29, 1.82) is 0 Å². The molecule has 5 aromatic rings. The number of thiazole rings is 1. The second-order valence-electron chi connectivity index (χ2n) is 7.19. The number of benzene rings is 3. The summed E-state index contributed by atoms with van der Waals surface area (Å²) in [4.78, 5) is 22.3. The first kappa shape index (κ1) is 20.3. The first-order valence-corrected chi connectivity index (χ1v) is 12.6. The van der Waals surface area contributed by atoms with Gasteiger partial charge in [-0.3, -0.25) is 4.79 Å². The molecule has 0 spiro atoms. The van der Waals surface area contributed by atoms with Crippen LogP contribution in [0.5, 0.6) is 0 Å². The summed E-state index contributed by atoms with van der Waals surface area (Å²) in [7, 11) is 0. The summed E-state index contributed by atoms with van der Waals surface area (Å²) in [5.41, 5.74) is 1.81. The molecule has 0 bridgehead atoms. The van der Waals surface area contributed by atoms with Crippen LogP contribution in [0, 0.1) is 0 Å². The van der Waals surface area contributed by atoms with E-state index in [1.807, 2.05) is 72.8 Å². The molecule has 1 N–H and O–H groups in total. The van der Waals surface area contributed by atoms with E-state index in [9.17, 15) is 4.79 Å². The molecule has 0 radical (unpaired) electrons. The number of aromatic nitrogens is 1. The highest BCUT2D eigenvalue weighted by atomic mass is 32.2. The second-order valence-corrected chi connectivity index (χ2v) is 10.5. The minimum absolute atomic E-state index is 0.184. The molecule has 1 aliphatic rings. The Morgan fingerprint density at radius 1 is 0.970 bits per heavy atom. The van der Waals surface area contributed by atoms with Crippen LogP contribution in [0.2, 0.25) is 0 Å². The van der Waals surface area contributed by atoms with Crippen LogP contribution >= 0.6 is 34.9 Å². The number of furan rings is 1. The van der Waals surface area contributed by atoms with Gasteiger partial charge in [0.2, 0.25) is 0 Å². The molecule has 3 heterocycles. The number of aliphatic imine (C=N–C) groups is 1. The number of thioether (sulfide) groups is 1. The van der Waals surface area contributed by atoms with E-state index in [1.54, 1.807) is 17.4 Å². The molecule has 2 aromatic heterocycles. The Morgan fingerprint density at radius 3 is 2.76 bits per heavy atom. The van der Waals surface area contributed by atoms with Gasteiger partial charge < -0.3 is 9.73 Å². The van der Waals surface area contributed by atoms with Crippen molar-refractivity contribution in [3.63, 3.8) is 0 Å². The lowest BCUT2D eigenvalue weighted by Crippen LogP contribution is -2.19. The molecule has 160 valence electrons. The van der Waals surface area contributed by atoms with Gasteiger partial charge in [0.05, 0.1) is 20.8 Å². The summed E-state index contributed by atoms with van der Waals surface area (Å²) in [5.74, 6) is 0.429. The van der Waals surface area contributed by atoms with Gasteiger partial charge in [0.1, 0.15) is 5.76 Å². The van der Waals surface area contributed by atoms with Gasteiger partial charge in [0.25, 0.3) is 5.91 Å². The van der Waals surface area contributed by atoms with Crippen LogP contribution in [0.4, 0.5) is 5.69 Å². The van der Waals surface area contributed by atoms with Crippen LogP contribution in [-0.4, -0.2) is 16.1 Å². The normalized spacial score (nSPS) is 16.3. The molecular weight excluding hydrogens is 470 g/mol. The fourth-order valence-corrected chi connectivity index (χ4v) is 6.26. The number of carbonyl (C=O) groups is 1. The number of amides is 1. The molecule has 0 unspecified atom stereocenters. The average Bonchev–Trinajstić information content (AvgIpc) is 3.53. The smallest absolute Gasteiger partial charge is 0.264 e. The summed E-state index contributed by atoms with van der Waals surface area (Å²) in [6.07, 6.45) is 1.74. The van der Waals surface area contributed by atoms with Gasteiger partial charge in [-0.15, -0.1) is 11.3 Å². The Bertz CT molecular complexity index is 1540. The third kappa shape index (κ3) is 4.20. The van der Waals surface area contributed by atoms with E-state index in [1.165, 1.54) is 23.5 Å². The predicted molar refractivity (Wildman–Crippen MR) is 137 cm³/mol. The Morgan fingerprint density at radius 2 is 1.82 bits per heavy atom. The van der Waals surface area contributed by atoms with E-state index in [4.69, 9.17) is 4.42 Å². The van der Waals surface area contributed by atoms with Crippen molar-refractivity contribution in [2.75, 3.05) is 0 Å². The van der Waals surface area contributed by atoms with Crippen LogP contribution in [0.15, 0.2) is 103 Å². The molecular formula is C25H15N3O2S3. The maximum Gasteiger partial charge on any atom is 0.264 e. The lowest BCUT2D eigenvalue weighted by molar-refractivity contribution is -0.115. The maximum absolute atomic E-state index is 12.5. The average molecular weight is 486 g/mol. The number of amidine groups is 1. The van der Waals surface area contributed by atoms with Crippen LogP contribution in [-0.2, 0) is 4.79 Å². The largest absolute Gasteiger partial charge is 0.450 e. The molecule has 8 heteroatoms. The Balaban J connectivity index is 1.21. The number of rotatable bonds is 4. The van der Waals surface area contributed by atoms with Gasteiger partial charge in [-0.1, -0.05) is 48.5 Å². The zero-order chi connectivity index (χ0) is 22.2. The molecule has 1 aliphatic heterocycles. The first-order valence-electron chi connectivity index (χ1n) is 10.1. The van der Waals surface area contributed by atoms with Gasteiger partial charge in [-0.25, -0.2) is 9.98 Å². The van der Waals surface area contributed by atoms with E-state index in [0.29, 0.717) is 15.8 Å². The van der Waals surface area contributed by atoms with Gasteiger partial charge in [-0.2, -0.15) is 0 Å². The highest BCUT2D eigenvalue weighted by Crippen LogP contribution is 2.36. The van der Waals surface area contributed by atoms with E-state index in [0.717, 1.165) is 36.1 Å². The molecule has 0 atom stereocenters. The standard InChI is InChI=1S/C25H15N3O2S3/c29-23-21(31-24(28-23)26-18-10-5-7-15-6-1-2-8-17(15)18)14-16-12-13-22(30-16)33-25-27-19-9-3-4-11-20(19)32-25/h1-14H,(H,26,28,29)/b21-14-. The molecule has 33 heavy (non-hydrogen) atoms. The third-order valence-electron chi connectivity index (χ3n) is 4.98. The summed E-state index contributed by atoms with van der Waals surface area (Å²) in [6.45, 7) is 0. The third-order valence-corrected chi connectivity index (χ3v) is 7.90. The maximum atomic E-state index is 12.5. The molecule has 1 saturated heterocycles. The van der Waals surface area contributed by atoms with E-state index >= 15 is 0 Å². The van der Waals surface area contributed by atoms with Gasteiger partial charge in [0, 0.05) is 11.5 Å². The predicted octanol–water partition coefficient (Wildman–Crippen LogP) is 7.09. The number of para-hydroxylation sites is 1. The van der Waals surface area contributed by atoms with Crippen molar-refractivity contribution in [2.45, 2.75) is 9.43 Å². The molecule has 1 amide bonds. The Kier molecular flexibility index (Phi) is 5.26. The van der Waals surface area contributed by atoms with Crippen LogP contribution in [0.1, 0.15) is 5.76 Å². The minimum atomic E-state index is -0.184. The quantitative estimate of drug-likeness (QED) is 0.275. The number of nitrogens with one attached hydrogen (secondary N) is 1. The van der Waals surface area contributed by atoms with Gasteiger partial charge in [-0.05, 0) is 59.2 Å². The van der Waals surface area contributed by atoms with Crippen molar-refractivity contribution >= 4 is 78.7 Å². The summed E-state index contributed by atoms with van der Waals surface area (Å²) < 4.78 is 7.99. The highest BCUT2D eigenvalue weighted by Gasteiger charge is 2.24. The van der Waals surface area contributed by atoms with Crippen molar-refractivity contribution in [2.24, 2.45) is 4.99 Å². The van der Waals surface area contributed by atoms with Crippen molar-refractivity contribution < 1.29 is 9.21 Å². The molecule has 6 rings (SSSR count). The second kappa shape index (κ2) is 8.55. The molecule has 5 nitrogen and oxygen atoms in total. The molecule has 0 aliphatic carbocycles. The van der Waals surface area contributed by atoms with E-state index in [2.05, 4.69) is 21.4 Å². The minimum Gasteiger partial charge on any atom is -0.450 e. The fourth-order valence-electron chi connectivity index (χ4n) is 3.47. The number of fused-ring (bicyclic) bond motifs is 2. The first-order chi connectivity index (χ1) is 16.2. The molecule has 0 saturated carbocycles. The highest BCUT2D eigenvalue weighted by molar-refractivity contribution is 8.18. The number of nitrogens with zero attached hydrogens (tertiary/aromatic N) is 2. The molecule has 3 aromatic carbocycles. The Hall–Kier alpha value is -3.33. The number of hydrogen-bond donors (Lipinski definition) is 1. The SMILES string of the molecule is O=C1NC(=Nc2cccc3ccccc23)S/C1=C\c1ccc(Sc2nc3ccccc3s2)o1. The van der Waals surface area contributed by atoms with E-state index < -0.39 is 0 Å². The Labute approximate surface area is 201 Å². The lowest BCUT2D eigenvalue weighted by Gasteiger charge is -2.02. The van der Waals surface area contributed by atoms with Crippen molar-refractivity contribution in [3.05, 3.63) is 89.5 Å². The summed E-state index contributed by atoms with van der Waals surface area (Å²) >= 11 is 4.41. The van der Waals surface area contributed by atoms with Crippen molar-refractivity contribution in [1.82, 2.24) is 10.3 Å². The number of carbonyl (C=O) groups excluding carboxylic acids is 1. The van der Waals surface area contributed by atoms with E-state index in [-0.39, 0.29) is 5.91 Å². The van der Waals surface area contributed by atoms with Crippen LogP contribution in [0.25, 0.3) is 27.1 Å². The molecule has 1 fully saturated rings. The topological polar surface area (TPSA) is 67.5 Å². The zero-order valence-corrected chi connectivity index (χ0v) is 19.5. The van der Waals surface area contributed by atoms with Crippen LogP contribution < -0.4 is 5.32 Å². The van der Waals surface area contributed by atoms with Gasteiger partial charge in [0.15, 0.2) is 14.6 Å². The van der Waals surface area contributed by atoms with Crippen molar-refractivity contribution in [3.8, 4) is 0 Å². The summed E-state index contributed by atoms with van der Waals surface area (Å²) in [5, 5.41) is 6.29. The zero-order valence-electron chi connectivity index (χ0n) is 17.0. The summed E-state index contributed by atoms with van der Waals surface area (Å²) in [6, 6.07) is 25.8. The number of hydrogen-bond acceptors (Lipinski definition) is 7.